The fraction of sp³-hybridized carbons (Fsp3) is 0.286. The summed E-state index contributed by atoms with van der Waals surface area (Å²) in [7, 11) is -4.32. The maximum Gasteiger partial charge on any atom is 0.491 e. The van der Waals surface area contributed by atoms with Gasteiger partial charge >= 0.3 is 12.1 Å². The highest BCUT2D eigenvalue weighted by Crippen LogP contribution is 2.30. The number of nitrogens with zero attached hydrogens (tertiary/aromatic N) is 3. The van der Waals surface area contributed by atoms with Gasteiger partial charge in [-0.25, -0.2) is 13.2 Å². The van der Waals surface area contributed by atoms with Crippen LogP contribution in [0.15, 0.2) is 77.7 Å². The highest BCUT2D eigenvalue weighted by molar-refractivity contribution is 7.92. The Morgan fingerprint density at radius 1 is 0.975 bits per heavy atom. The fourth-order valence-corrected chi connectivity index (χ4v) is 5.86. The van der Waals surface area contributed by atoms with E-state index in [0.717, 1.165) is 36.1 Å². The lowest BCUT2D eigenvalue weighted by molar-refractivity contribution is -0.189. The van der Waals surface area contributed by atoms with Crippen molar-refractivity contribution in [1.29, 1.82) is 5.26 Å². The van der Waals surface area contributed by atoms with Crippen LogP contribution in [0.5, 0.6) is 11.5 Å². The topological polar surface area (TPSA) is 99.9 Å². The third kappa shape index (κ3) is 7.11. The standard InChI is InChI=1S/C28H26F3N3O5S/c29-28(30,31)27(35)39-25-8-5-6-21(18-25)20-34(40(36,37)26-9-2-1-7-22(26)19-32)23-10-12-24(13-11-23)38-17-16-33-14-3-4-15-33/h1-2,5-13,18H,3-4,14-17,20H2. The largest absolute Gasteiger partial charge is 0.492 e. The molecule has 0 spiro atoms. The number of carbonyl (C=O) groups excluding carboxylic acids is 1. The first kappa shape index (κ1) is 28.9. The highest BCUT2D eigenvalue weighted by atomic mass is 32.2. The number of alkyl halides is 3. The Bertz CT molecular complexity index is 1480. The van der Waals surface area contributed by atoms with Crippen molar-refractivity contribution in [1.82, 2.24) is 4.90 Å². The van der Waals surface area contributed by atoms with Gasteiger partial charge < -0.3 is 9.47 Å². The van der Waals surface area contributed by atoms with E-state index in [1.807, 2.05) is 6.07 Å². The molecule has 1 saturated heterocycles. The molecule has 0 bridgehead atoms. The average molecular weight is 574 g/mol. The third-order valence-electron chi connectivity index (χ3n) is 6.24. The van der Waals surface area contributed by atoms with Crippen LogP contribution in [-0.4, -0.2) is 51.7 Å². The van der Waals surface area contributed by atoms with Crippen LogP contribution in [0.3, 0.4) is 0 Å². The Morgan fingerprint density at radius 2 is 1.68 bits per heavy atom. The van der Waals surface area contributed by atoms with E-state index < -0.39 is 27.9 Å². The predicted octanol–water partition coefficient (Wildman–Crippen LogP) is 4.90. The molecule has 0 aromatic heterocycles. The fourth-order valence-electron chi connectivity index (χ4n) is 4.26. The van der Waals surface area contributed by atoms with Gasteiger partial charge in [0.05, 0.1) is 17.8 Å². The number of sulfonamides is 1. The number of halogens is 3. The number of esters is 1. The van der Waals surface area contributed by atoms with Crippen LogP contribution in [0.4, 0.5) is 18.9 Å². The molecule has 12 heteroatoms. The van der Waals surface area contributed by atoms with E-state index in [1.54, 1.807) is 24.3 Å². The molecule has 40 heavy (non-hydrogen) atoms. The number of benzene rings is 3. The number of carbonyl (C=O) groups is 1. The third-order valence-corrected chi connectivity index (χ3v) is 8.07. The molecule has 3 aromatic carbocycles. The van der Waals surface area contributed by atoms with Crippen LogP contribution in [-0.2, 0) is 21.4 Å². The maximum absolute atomic E-state index is 13.8. The van der Waals surface area contributed by atoms with E-state index in [0.29, 0.717) is 12.4 Å². The minimum atomic E-state index is -5.19. The first-order valence-corrected chi connectivity index (χ1v) is 13.9. The summed E-state index contributed by atoms with van der Waals surface area (Å²) in [5.41, 5.74) is 0.413. The molecule has 0 radical (unpaired) electrons. The zero-order valence-corrected chi connectivity index (χ0v) is 22.1. The molecule has 0 amide bonds. The minimum Gasteiger partial charge on any atom is -0.492 e. The lowest BCUT2D eigenvalue weighted by Crippen LogP contribution is -2.31. The summed E-state index contributed by atoms with van der Waals surface area (Å²) >= 11 is 0. The normalized spacial score (nSPS) is 13.9. The number of anilines is 1. The van der Waals surface area contributed by atoms with Crippen molar-refractivity contribution in [3.63, 3.8) is 0 Å². The molecule has 210 valence electrons. The number of ether oxygens (including phenoxy) is 2. The van der Waals surface area contributed by atoms with Crippen LogP contribution in [0.2, 0.25) is 0 Å². The quantitative estimate of drug-likeness (QED) is 0.251. The summed E-state index contributed by atoms with van der Waals surface area (Å²) in [5, 5.41) is 9.51. The number of nitriles is 1. The summed E-state index contributed by atoms with van der Waals surface area (Å²) in [6.45, 7) is 3.00. The molecule has 0 aliphatic carbocycles. The summed E-state index contributed by atoms with van der Waals surface area (Å²) in [6.07, 6.45) is -2.85. The smallest absolute Gasteiger partial charge is 0.491 e. The van der Waals surface area contributed by atoms with Crippen molar-refractivity contribution in [3.8, 4) is 17.6 Å². The first-order valence-electron chi connectivity index (χ1n) is 12.4. The molecular formula is C28H26F3N3O5S. The van der Waals surface area contributed by atoms with Crippen LogP contribution in [0.1, 0.15) is 24.0 Å². The van der Waals surface area contributed by atoms with Gasteiger partial charge in [-0.05, 0) is 80.0 Å². The van der Waals surface area contributed by atoms with Gasteiger partial charge in [0.2, 0.25) is 0 Å². The minimum absolute atomic E-state index is 0.0674. The van der Waals surface area contributed by atoms with Crippen molar-refractivity contribution in [2.45, 2.75) is 30.5 Å². The zero-order valence-electron chi connectivity index (χ0n) is 21.3. The van der Waals surface area contributed by atoms with Gasteiger partial charge in [-0.1, -0.05) is 24.3 Å². The number of hydrogen-bond donors (Lipinski definition) is 0. The second kappa shape index (κ2) is 12.4. The SMILES string of the molecule is N#Cc1ccccc1S(=O)(=O)N(Cc1cccc(OC(=O)C(F)(F)F)c1)c1ccc(OCCN2CCCC2)cc1. The van der Waals surface area contributed by atoms with Gasteiger partial charge in [-0.3, -0.25) is 9.21 Å². The molecule has 1 heterocycles. The molecule has 0 saturated carbocycles. The lowest BCUT2D eigenvalue weighted by Gasteiger charge is -2.25. The summed E-state index contributed by atoms with van der Waals surface area (Å²) < 4.78 is 76.9. The molecule has 8 nitrogen and oxygen atoms in total. The molecule has 1 aliphatic heterocycles. The molecule has 0 unspecified atom stereocenters. The molecule has 4 rings (SSSR count). The maximum atomic E-state index is 13.8. The monoisotopic (exact) mass is 573 g/mol. The molecule has 0 atom stereocenters. The average Bonchev–Trinajstić information content (AvgIpc) is 3.45. The first-order chi connectivity index (χ1) is 19.1. The van der Waals surface area contributed by atoms with Crippen LogP contribution in [0, 0.1) is 11.3 Å². The lowest BCUT2D eigenvalue weighted by atomic mass is 10.2. The summed E-state index contributed by atoms with van der Waals surface area (Å²) in [6, 6.07) is 19.1. The Balaban J connectivity index is 1.62. The highest BCUT2D eigenvalue weighted by Gasteiger charge is 2.41. The zero-order chi connectivity index (χ0) is 28.8. The van der Waals surface area contributed by atoms with Gasteiger partial charge in [0.15, 0.2) is 0 Å². The van der Waals surface area contributed by atoms with Crippen LogP contribution in [0.25, 0.3) is 0 Å². The Kier molecular flexibility index (Phi) is 8.96. The summed E-state index contributed by atoms with van der Waals surface area (Å²) in [5.74, 6) is -2.24. The van der Waals surface area contributed by atoms with E-state index in [-0.39, 0.29) is 28.3 Å². The van der Waals surface area contributed by atoms with Crippen molar-refractivity contribution in [2.24, 2.45) is 0 Å². The van der Waals surface area contributed by atoms with Gasteiger partial charge in [0.1, 0.15) is 29.1 Å². The van der Waals surface area contributed by atoms with Crippen molar-refractivity contribution in [3.05, 3.63) is 83.9 Å². The molecule has 1 aliphatic rings. The van der Waals surface area contributed by atoms with Crippen LogP contribution < -0.4 is 13.8 Å². The number of rotatable bonds is 10. The molecule has 0 N–H and O–H groups in total. The molecule has 3 aromatic rings. The van der Waals surface area contributed by atoms with E-state index in [4.69, 9.17) is 4.74 Å². The number of hydrogen-bond acceptors (Lipinski definition) is 7. The van der Waals surface area contributed by atoms with Crippen molar-refractivity contribution >= 4 is 21.7 Å². The van der Waals surface area contributed by atoms with Crippen molar-refractivity contribution < 1.29 is 35.9 Å². The second-order valence-corrected chi connectivity index (χ2v) is 10.9. The van der Waals surface area contributed by atoms with E-state index in [9.17, 15) is 31.6 Å². The number of likely N-dealkylation sites (tertiary alicyclic amines) is 1. The van der Waals surface area contributed by atoms with E-state index in [2.05, 4.69) is 9.64 Å². The Hall–Kier alpha value is -4.08. The van der Waals surface area contributed by atoms with Gasteiger partial charge in [-0.15, -0.1) is 0 Å². The van der Waals surface area contributed by atoms with E-state index in [1.165, 1.54) is 49.2 Å². The molecule has 1 fully saturated rings. The second-order valence-electron chi connectivity index (χ2n) is 9.05. The van der Waals surface area contributed by atoms with Gasteiger partial charge in [0, 0.05) is 6.54 Å². The van der Waals surface area contributed by atoms with Crippen molar-refractivity contribution in [2.75, 3.05) is 30.5 Å². The van der Waals surface area contributed by atoms with Gasteiger partial charge in [0.25, 0.3) is 10.0 Å². The Labute approximate surface area is 230 Å². The summed E-state index contributed by atoms with van der Waals surface area (Å²) in [4.78, 5) is 13.4. The predicted molar refractivity (Wildman–Crippen MR) is 140 cm³/mol. The Morgan fingerprint density at radius 3 is 2.35 bits per heavy atom. The van der Waals surface area contributed by atoms with Gasteiger partial charge in [-0.2, -0.15) is 18.4 Å². The van der Waals surface area contributed by atoms with E-state index >= 15 is 0 Å². The van der Waals surface area contributed by atoms with Crippen LogP contribution >= 0.6 is 0 Å². The molecular weight excluding hydrogens is 547 g/mol.